The molecule has 0 atom stereocenters. The lowest BCUT2D eigenvalue weighted by atomic mass is 10.3. The first-order valence-electron chi connectivity index (χ1n) is 5.45. The van der Waals surface area contributed by atoms with Gasteiger partial charge >= 0.3 is 12.1 Å². The molecule has 0 saturated heterocycles. The summed E-state index contributed by atoms with van der Waals surface area (Å²) in [5, 5.41) is 1.99. The number of nitrogens with zero attached hydrogens (tertiary/aromatic N) is 2. The van der Waals surface area contributed by atoms with Crippen molar-refractivity contribution in [2.24, 2.45) is 0 Å². The monoisotopic (exact) mass is 291 g/mol. The lowest BCUT2D eigenvalue weighted by Gasteiger charge is -2.13. The predicted octanol–water partition coefficient (Wildman–Crippen LogP) is 1.91. The number of allylic oxidation sites excluding steroid dienone is 1. The third kappa shape index (κ3) is 4.75. The zero-order chi connectivity index (χ0) is 15.2. The van der Waals surface area contributed by atoms with Crippen molar-refractivity contribution in [2.45, 2.75) is 13.1 Å². The summed E-state index contributed by atoms with van der Waals surface area (Å²) < 4.78 is 47.5. The van der Waals surface area contributed by atoms with E-state index in [0.29, 0.717) is 6.08 Å². The summed E-state index contributed by atoms with van der Waals surface area (Å²) in [6.45, 7) is 1.46. The Labute approximate surface area is 112 Å². The maximum Gasteiger partial charge on any atom is 0.431 e. The van der Waals surface area contributed by atoms with E-state index < -0.39 is 17.8 Å². The fourth-order valence-electron chi connectivity index (χ4n) is 1.15. The van der Waals surface area contributed by atoms with Crippen LogP contribution in [0.3, 0.4) is 0 Å². The highest BCUT2D eigenvalue weighted by molar-refractivity contribution is 5.83. The molecular formula is C11H12F3N3O3. The Kier molecular flexibility index (Phi) is 5.30. The highest BCUT2D eigenvalue weighted by Crippen LogP contribution is 2.27. The molecule has 1 aromatic heterocycles. The molecule has 1 rings (SSSR count). The highest BCUT2D eigenvalue weighted by atomic mass is 19.4. The number of nitrogens with one attached hydrogen (secondary N) is 1. The number of methoxy groups -OCH3 is 1. The van der Waals surface area contributed by atoms with E-state index in [2.05, 4.69) is 14.7 Å². The van der Waals surface area contributed by atoms with Crippen LogP contribution in [0.1, 0.15) is 6.92 Å². The number of hydrogen-bond donors (Lipinski definition) is 1. The van der Waals surface area contributed by atoms with Crippen molar-refractivity contribution < 1.29 is 27.4 Å². The lowest BCUT2D eigenvalue weighted by molar-refractivity contribution is -0.138. The van der Waals surface area contributed by atoms with Gasteiger partial charge in [0, 0.05) is 6.07 Å². The summed E-state index contributed by atoms with van der Waals surface area (Å²) in [4.78, 5) is 18.4. The summed E-state index contributed by atoms with van der Waals surface area (Å²) in [5.74, 6) is -1.18. The molecule has 9 heteroatoms. The molecule has 0 aliphatic rings. The molecule has 1 aromatic rings. The van der Waals surface area contributed by atoms with Gasteiger partial charge in [-0.05, 0) is 6.92 Å². The second kappa shape index (κ2) is 6.73. The molecule has 0 radical (unpaired) electrons. The minimum Gasteiger partial charge on any atom is -0.481 e. The molecule has 110 valence electrons. The Balaban J connectivity index is 2.98. The van der Waals surface area contributed by atoms with Crippen LogP contribution in [0.15, 0.2) is 24.2 Å². The minimum absolute atomic E-state index is 0.0260. The van der Waals surface area contributed by atoms with Crippen molar-refractivity contribution in [2.75, 3.05) is 19.0 Å². The maximum atomic E-state index is 12.8. The van der Waals surface area contributed by atoms with Crippen molar-refractivity contribution in [1.29, 1.82) is 0 Å². The van der Waals surface area contributed by atoms with Gasteiger partial charge in [0.1, 0.15) is 17.8 Å². The van der Waals surface area contributed by atoms with Crippen LogP contribution >= 0.6 is 0 Å². The molecule has 0 aromatic carbocycles. The Morgan fingerprint density at radius 2 is 2.15 bits per heavy atom. The fourth-order valence-corrected chi connectivity index (χ4v) is 1.15. The molecule has 6 nitrogen and oxygen atoms in total. The first kappa shape index (κ1) is 15.7. The van der Waals surface area contributed by atoms with Gasteiger partial charge in [-0.1, -0.05) is 0 Å². The summed E-state index contributed by atoms with van der Waals surface area (Å²) in [5.41, 5.74) is -1.29. The largest absolute Gasteiger partial charge is 0.481 e. The highest BCUT2D eigenvalue weighted by Gasteiger charge is 2.35. The smallest absolute Gasteiger partial charge is 0.431 e. The van der Waals surface area contributed by atoms with Gasteiger partial charge in [0.15, 0.2) is 0 Å². The first-order chi connectivity index (χ1) is 9.36. The van der Waals surface area contributed by atoms with E-state index >= 15 is 0 Å². The van der Waals surface area contributed by atoms with Gasteiger partial charge in [-0.25, -0.2) is 14.8 Å². The van der Waals surface area contributed by atoms with Crippen LogP contribution in [-0.2, 0) is 9.53 Å². The van der Waals surface area contributed by atoms with Gasteiger partial charge in [-0.3, -0.25) is 0 Å². The van der Waals surface area contributed by atoms with E-state index in [1.165, 1.54) is 14.0 Å². The number of aromatic nitrogens is 2. The van der Waals surface area contributed by atoms with Crippen molar-refractivity contribution >= 4 is 11.8 Å². The summed E-state index contributed by atoms with van der Waals surface area (Å²) in [7, 11) is 1.31. The molecule has 0 spiro atoms. The number of rotatable bonds is 5. The number of anilines is 1. The zero-order valence-corrected chi connectivity index (χ0v) is 10.7. The molecule has 0 fully saturated rings. The predicted molar refractivity (Wildman–Crippen MR) is 63.0 cm³/mol. The van der Waals surface area contributed by atoms with Gasteiger partial charge in [0.25, 0.3) is 0 Å². The van der Waals surface area contributed by atoms with E-state index in [0.717, 1.165) is 12.4 Å². The molecule has 0 aliphatic heterocycles. The van der Waals surface area contributed by atoms with Crippen LogP contribution in [0, 0.1) is 0 Å². The molecule has 20 heavy (non-hydrogen) atoms. The van der Waals surface area contributed by atoms with Crippen LogP contribution in [0.5, 0.6) is 5.88 Å². The van der Waals surface area contributed by atoms with Gasteiger partial charge in [0.05, 0.1) is 19.8 Å². The summed E-state index contributed by atoms with van der Waals surface area (Å²) >= 11 is 0. The Morgan fingerprint density at radius 3 is 2.70 bits per heavy atom. The van der Waals surface area contributed by atoms with E-state index in [9.17, 15) is 18.0 Å². The fraction of sp³-hybridized carbons (Fsp3) is 0.364. The molecular weight excluding hydrogens is 279 g/mol. The van der Waals surface area contributed by atoms with Crippen molar-refractivity contribution in [1.82, 2.24) is 9.97 Å². The molecule has 0 bridgehead atoms. The summed E-state index contributed by atoms with van der Waals surface area (Å²) in [6.07, 6.45) is -3.41. The van der Waals surface area contributed by atoms with Crippen LogP contribution in [0.2, 0.25) is 0 Å². The van der Waals surface area contributed by atoms with Crippen LogP contribution < -0.4 is 10.1 Å². The van der Waals surface area contributed by atoms with Gasteiger partial charge < -0.3 is 14.8 Å². The standard InChI is InChI=1S/C11H12F3N3O3/c1-3-20-10(18)4-7(11(12,13)14)17-8-5-9(19-2)16-6-15-8/h4-6H,3H2,1-2H3,(H,15,16,17)/b7-4-. The number of carbonyl (C=O) groups excluding carboxylic acids is 1. The van der Waals surface area contributed by atoms with E-state index in [1.807, 2.05) is 5.32 Å². The van der Waals surface area contributed by atoms with E-state index in [-0.39, 0.29) is 18.3 Å². The number of esters is 1. The molecule has 1 N–H and O–H groups in total. The lowest BCUT2D eigenvalue weighted by Crippen LogP contribution is -2.21. The molecule has 0 aliphatic carbocycles. The zero-order valence-electron chi connectivity index (χ0n) is 10.7. The maximum absolute atomic E-state index is 12.8. The average Bonchev–Trinajstić information content (AvgIpc) is 2.37. The number of carbonyl (C=O) groups is 1. The topological polar surface area (TPSA) is 73.3 Å². The Bertz CT molecular complexity index is 503. The second-order valence-electron chi connectivity index (χ2n) is 3.38. The van der Waals surface area contributed by atoms with Crippen LogP contribution in [0.4, 0.5) is 19.0 Å². The third-order valence-electron chi connectivity index (χ3n) is 1.97. The van der Waals surface area contributed by atoms with Crippen molar-refractivity contribution in [3.63, 3.8) is 0 Å². The number of halogens is 3. The van der Waals surface area contributed by atoms with Crippen LogP contribution in [-0.4, -0.2) is 35.8 Å². The second-order valence-corrected chi connectivity index (χ2v) is 3.38. The summed E-state index contributed by atoms with van der Waals surface area (Å²) in [6, 6.07) is 1.16. The number of ether oxygens (including phenoxy) is 2. The first-order valence-corrected chi connectivity index (χ1v) is 5.45. The molecule has 0 amide bonds. The van der Waals surface area contributed by atoms with Crippen molar-refractivity contribution in [3.05, 3.63) is 24.2 Å². The quantitative estimate of drug-likeness (QED) is 0.660. The number of hydrogen-bond acceptors (Lipinski definition) is 6. The SMILES string of the molecule is CCOC(=O)/C=C(\Nc1cc(OC)ncn1)C(F)(F)F. The average molecular weight is 291 g/mol. The number of alkyl halides is 3. The van der Waals surface area contributed by atoms with Crippen LogP contribution in [0.25, 0.3) is 0 Å². The molecule has 0 unspecified atom stereocenters. The molecule has 1 heterocycles. The molecule has 0 saturated carbocycles. The van der Waals surface area contributed by atoms with E-state index in [1.54, 1.807) is 0 Å². The third-order valence-corrected chi connectivity index (χ3v) is 1.97. The Morgan fingerprint density at radius 1 is 1.45 bits per heavy atom. The van der Waals surface area contributed by atoms with Gasteiger partial charge in [-0.2, -0.15) is 13.2 Å². The van der Waals surface area contributed by atoms with E-state index in [4.69, 9.17) is 4.74 Å². The Hall–Kier alpha value is -2.32. The van der Waals surface area contributed by atoms with Crippen molar-refractivity contribution in [3.8, 4) is 5.88 Å². The minimum atomic E-state index is -4.76. The normalized spacial score (nSPS) is 11.9. The van der Waals surface area contributed by atoms with Gasteiger partial charge in [-0.15, -0.1) is 0 Å². The van der Waals surface area contributed by atoms with Gasteiger partial charge in [0.2, 0.25) is 5.88 Å².